The standard InChI is InChI=1S/C16H21N5O2/c1-3-13-6-4-5-7-21(13)16-17-9-12(10-18-16)15(22)19-14-8-11(2)23-20-14/h8-10,13H,3-7H2,1-2H3,(H,19,20,22). The summed E-state index contributed by atoms with van der Waals surface area (Å²) in [5.74, 6) is 1.43. The number of nitrogens with one attached hydrogen (secondary N) is 1. The summed E-state index contributed by atoms with van der Waals surface area (Å²) in [6.45, 7) is 4.93. The lowest BCUT2D eigenvalue weighted by Crippen LogP contribution is -2.40. The zero-order valence-corrected chi connectivity index (χ0v) is 13.5. The van der Waals surface area contributed by atoms with Crippen LogP contribution in [0.1, 0.15) is 48.7 Å². The Bertz CT molecular complexity index is 667. The average molecular weight is 315 g/mol. The van der Waals surface area contributed by atoms with Gasteiger partial charge in [0, 0.05) is 31.0 Å². The quantitative estimate of drug-likeness (QED) is 0.934. The van der Waals surface area contributed by atoms with Crippen molar-refractivity contribution in [1.82, 2.24) is 15.1 Å². The number of carbonyl (C=O) groups is 1. The van der Waals surface area contributed by atoms with E-state index in [1.165, 1.54) is 12.8 Å². The second-order valence-corrected chi connectivity index (χ2v) is 5.80. The predicted molar refractivity (Wildman–Crippen MR) is 86.5 cm³/mol. The monoisotopic (exact) mass is 315 g/mol. The minimum Gasteiger partial charge on any atom is -0.360 e. The molecule has 1 atom stereocenters. The molecule has 7 nitrogen and oxygen atoms in total. The van der Waals surface area contributed by atoms with Crippen LogP contribution in [-0.4, -0.2) is 33.6 Å². The largest absolute Gasteiger partial charge is 0.360 e. The van der Waals surface area contributed by atoms with Crippen LogP contribution in [0.4, 0.5) is 11.8 Å². The third kappa shape index (κ3) is 3.49. The zero-order chi connectivity index (χ0) is 16.2. The molecule has 0 aliphatic carbocycles. The average Bonchev–Trinajstić information content (AvgIpc) is 3.00. The van der Waals surface area contributed by atoms with E-state index in [0.29, 0.717) is 29.1 Å². The van der Waals surface area contributed by atoms with Gasteiger partial charge < -0.3 is 14.7 Å². The summed E-state index contributed by atoms with van der Waals surface area (Å²) in [6.07, 6.45) is 7.79. The Morgan fingerprint density at radius 3 is 2.83 bits per heavy atom. The van der Waals surface area contributed by atoms with Gasteiger partial charge in [0.1, 0.15) is 5.76 Å². The highest BCUT2D eigenvalue weighted by molar-refractivity contribution is 6.03. The van der Waals surface area contributed by atoms with E-state index < -0.39 is 0 Å². The SMILES string of the molecule is CCC1CCCCN1c1ncc(C(=O)Nc2cc(C)on2)cn1. The number of aryl methyl sites for hydroxylation is 1. The first-order chi connectivity index (χ1) is 11.2. The van der Waals surface area contributed by atoms with Crippen LogP contribution in [0.25, 0.3) is 0 Å². The van der Waals surface area contributed by atoms with Gasteiger partial charge >= 0.3 is 0 Å². The summed E-state index contributed by atoms with van der Waals surface area (Å²) >= 11 is 0. The third-order valence-corrected chi connectivity index (χ3v) is 4.13. The lowest BCUT2D eigenvalue weighted by Gasteiger charge is -2.35. The summed E-state index contributed by atoms with van der Waals surface area (Å²) in [4.78, 5) is 23.1. The van der Waals surface area contributed by atoms with Gasteiger partial charge in [-0.25, -0.2) is 9.97 Å². The molecule has 1 aliphatic rings. The maximum Gasteiger partial charge on any atom is 0.260 e. The molecule has 0 saturated carbocycles. The number of nitrogens with zero attached hydrogens (tertiary/aromatic N) is 4. The van der Waals surface area contributed by atoms with E-state index in [2.05, 4.69) is 32.3 Å². The van der Waals surface area contributed by atoms with Crippen molar-refractivity contribution in [3.63, 3.8) is 0 Å². The first kappa shape index (κ1) is 15.5. The van der Waals surface area contributed by atoms with Gasteiger partial charge in [-0.1, -0.05) is 12.1 Å². The maximum atomic E-state index is 12.1. The van der Waals surface area contributed by atoms with Crippen molar-refractivity contribution in [3.05, 3.63) is 29.8 Å². The van der Waals surface area contributed by atoms with Crippen LogP contribution < -0.4 is 10.2 Å². The molecular formula is C16H21N5O2. The van der Waals surface area contributed by atoms with Crippen molar-refractivity contribution >= 4 is 17.7 Å². The van der Waals surface area contributed by atoms with Crippen LogP contribution in [-0.2, 0) is 0 Å². The first-order valence-electron chi connectivity index (χ1n) is 8.00. The van der Waals surface area contributed by atoms with Crippen LogP contribution in [0, 0.1) is 6.92 Å². The number of piperidine rings is 1. The van der Waals surface area contributed by atoms with Crippen molar-refractivity contribution in [3.8, 4) is 0 Å². The minimum atomic E-state index is -0.296. The van der Waals surface area contributed by atoms with Crippen LogP contribution in [0.3, 0.4) is 0 Å². The molecule has 1 saturated heterocycles. The summed E-state index contributed by atoms with van der Waals surface area (Å²) < 4.78 is 4.92. The molecule has 0 spiro atoms. The van der Waals surface area contributed by atoms with E-state index in [4.69, 9.17) is 4.52 Å². The van der Waals surface area contributed by atoms with E-state index >= 15 is 0 Å². The van der Waals surface area contributed by atoms with Crippen molar-refractivity contribution in [2.75, 3.05) is 16.8 Å². The number of hydrogen-bond donors (Lipinski definition) is 1. The summed E-state index contributed by atoms with van der Waals surface area (Å²) in [6, 6.07) is 2.15. The summed E-state index contributed by atoms with van der Waals surface area (Å²) in [5, 5.41) is 6.40. The third-order valence-electron chi connectivity index (χ3n) is 4.13. The molecule has 1 amide bonds. The van der Waals surface area contributed by atoms with Gasteiger partial charge in [-0.2, -0.15) is 0 Å². The molecule has 0 aromatic carbocycles. The van der Waals surface area contributed by atoms with E-state index in [9.17, 15) is 4.79 Å². The molecule has 122 valence electrons. The van der Waals surface area contributed by atoms with Gasteiger partial charge in [0.25, 0.3) is 5.91 Å². The van der Waals surface area contributed by atoms with Crippen LogP contribution in [0.2, 0.25) is 0 Å². The van der Waals surface area contributed by atoms with E-state index in [0.717, 1.165) is 19.4 Å². The Balaban J connectivity index is 1.69. The smallest absolute Gasteiger partial charge is 0.260 e. The first-order valence-corrected chi connectivity index (χ1v) is 8.00. The fourth-order valence-corrected chi connectivity index (χ4v) is 2.89. The highest BCUT2D eigenvalue weighted by Crippen LogP contribution is 2.23. The van der Waals surface area contributed by atoms with E-state index in [1.54, 1.807) is 25.4 Å². The Morgan fingerprint density at radius 1 is 1.39 bits per heavy atom. The molecule has 3 heterocycles. The number of amides is 1. The molecule has 1 N–H and O–H groups in total. The Kier molecular flexibility index (Phi) is 4.55. The van der Waals surface area contributed by atoms with Crippen LogP contribution in [0.15, 0.2) is 23.0 Å². The molecule has 2 aromatic heterocycles. The molecule has 3 rings (SSSR count). The van der Waals surface area contributed by atoms with Crippen LogP contribution in [0.5, 0.6) is 0 Å². The molecule has 23 heavy (non-hydrogen) atoms. The fraction of sp³-hybridized carbons (Fsp3) is 0.500. The fourth-order valence-electron chi connectivity index (χ4n) is 2.89. The maximum absolute atomic E-state index is 12.1. The lowest BCUT2D eigenvalue weighted by atomic mass is 10.0. The number of aromatic nitrogens is 3. The lowest BCUT2D eigenvalue weighted by molar-refractivity contribution is 0.102. The van der Waals surface area contributed by atoms with Gasteiger partial charge in [0.2, 0.25) is 5.95 Å². The Labute approximate surface area is 135 Å². The Hall–Kier alpha value is -2.44. The van der Waals surface area contributed by atoms with Gasteiger partial charge in [-0.15, -0.1) is 0 Å². The number of hydrogen-bond acceptors (Lipinski definition) is 6. The van der Waals surface area contributed by atoms with Crippen molar-refractivity contribution < 1.29 is 9.32 Å². The van der Waals surface area contributed by atoms with Crippen LogP contribution >= 0.6 is 0 Å². The number of carbonyl (C=O) groups excluding carboxylic acids is 1. The molecule has 0 bridgehead atoms. The van der Waals surface area contributed by atoms with Gasteiger partial charge in [0.15, 0.2) is 5.82 Å². The molecule has 1 aliphatic heterocycles. The summed E-state index contributed by atoms with van der Waals surface area (Å²) in [7, 11) is 0. The normalized spacial score (nSPS) is 18.0. The molecule has 1 unspecified atom stereocenters. The zero-order valence-electron chi connectivity index (χ0n) is 13.5. The topological polar surface area (TPSA) is 84.2 Å². The molecule has 0 radical (unpaired) electrons. The number of rotatable bonds is 4. The van der Waals surface area contributed by atoms with E-state index in [1.807, 2.05) is 0 Å². The highest BCUT2D eigenvalue weighted by atomic mass is 16.5. The second kappa shape index (κ2) is 6.76. The van der Waals surface area contributed by atoms with Crippen molar-refractivity contribution in [2.24, 2.45) is 0 Å². The van der Waals surface area contributed by atoms with Gasteiger partial charge in [-0.05, 0) is 32.6 Å². The molecule has 7 heteroatoms. The molecular weight excluding hydrogens is 294 g/mol. The summed E-state index contributed by atoms with van der Waals surface area (Å²) in [5.41, 5.74) is 0.402. The number of anilines is 2. The van der Waals surface area contributed by atoms with Crippen molar-refractivity contribution in [2.45, 2.75) is 45.6 Å². The second-order valence-electron chi connectivity index (χ2n) is 5.80. The predicted octanol–water partition coefficient (Wildman–Crippen LogP) is 2.79. The van der Waals surface area contributed by atoms with Gasteiger partial charge in [0.05, 0.1) is 5.56 Å². The molecule has 1 fully saturated rings. The van der Waals surface area contributed by atoms with Gasteiger partial charge in [-0.3, -0.25) is 4.79 Å². The minimum absolute atomic E-state index is 0.296. The molecule has 2 aromatic rings. The highest BCUT2D eigenvalue weighted by Gasteiger charge is 2.23. The van der Waals surface area contributed by atoms with E-state index in [-0.39, 0.29) is 5.91 Å². The van der Waals surface area contributed by atoms with Crippen molar-refractivity contribution in [1.29, 1.82) is 0 Å². The Morgan fingerprint density at radius 2 is 2.17 bits per heavy atom.